The van der Waals surface area contributed by atoms with E-state index in [2.05, 4.69) is 29.5 Å². The van der Waals surface area contributed by atoms with Gasteiger partial charge in [-0.3, -0.25) is 0 Å². The zero-order valence-corrected chi connectivity index (χ0v) is 20.6. The molecule has 0 radical (unpaired) electrons. The van der Waals surface area contributed by atoms with E-state index in [0.29, 0.717) is 36.3 Å². The number of pyridine rings is 1. The number of methoxy groups -OCH3 is 1. The first kappa shape index (κ1) is 26.2. The van der Waals surface area contributed by atoms with E-state index >= 15 is 0 Å². The lowest BCUT2D eigenvalue weighted by molar-refractivity contribution is 0.0690. The SMILES string of the molecule is CC(C)NC1CNC1.COCCOc1cc(C(=O)O)nc2c(OC3CCCCCC3)cccc12. The van der Waals surface area contributed by atoms with Gasteiger partial charge in [0.15, 0.2) is 5.69 Å². The molecule has 8 nitrogen and oxygen atoms in total. The van der Waals surface area contributed by atoms with Crippen molar-refractivity contribution in [3.8, 4) is 11.5 Å². The number of benzene rings is 1. The second-order valence-electron chi connectivity index (χ2n) is 9.21. The molecule has 34 heavy (non-hydrogen) atoms. The van der Waals surface area contributed by atoms with Crippen LogP contribution in [0.5, 0.6) is 11.5 Å². The molecule has 1 saturated heterocycles. The molecule has 0 atom stereocenters. The molecule has 0 amide bonds. The predicted molar refractivity (Wildman–Crippen MR) is 133 cm³/mol. The lowest BCUT2D eigenvalue weighted by atomic mass is 10.1. The van der Waals surface area contributed by atoms with Gasteiger partial charge in [-0.25, -0.2) is 9.78 Å². The highest BCUT2D eigenvalue weighted by Gasteiger charge is 2.19. The second kappa shape index (κ2) is 13.5. The molecule has 0 spiro atoms. The second-order valence-corrected chi connectivity index (χ2v) is 9.21. The molecule has 188 valence electrons. The summed E-state index contributed by atoms with van der Waals surface area (Å²) in [6.07, 6.45) is 7.00. The Morgan fingerprint density at radius 2 is 1.88 bits per heavy atom. The third-order valence-electron chi connectivity index (χ3n) is 5.98. The van der Waals surface area contributed by atoms with Gasteiger partial charge in [-0.2, -0.15) is 0 Å². The predicted octanol–water partition coefficient (Wildman–Crippen LogP) is 4.02. The van der Waals surface area contributed by atoms with Crippen molar-refractivity contribution in [2.24, 2.45) is 0 Å². The maximum atomic E-state index is 11.5. The molecule has 2 fully saturated rings. The zero-order chi connectivity index (χ0) is 24.3. The highest BCUT2D eigenvalue weighted by molar-refractivity contribution is 5.95. The van der Waals surface area contributed by atoms with Crippen molar-refractivity contribution in [1.82, 2.24) is 15.6 Å². The van der Waals surface area contributed by atoms with Crippen molar-refractivity contribution in [3.05, 3.63) is 30.0 Å². The van der Waals surface area contributed by atoms with E-state index in [1.165, 1.54) is 18.9 Å². The number of nitrogens with one attached hydrogen (secondary N) is 2. The molecule has 1 aromatic heterocycles. The van der Waals surface area contributed by atoms with Crippen molar-refractivity contribution in [2.75, 3.05) is 33.4 Å². The Kier molecular flexibility index (Phi) is 10.4. The van der Waals surface area contributed by atoms with Gasteiger partial charge in [0.25, 0.3) is 0 Å². The molecule has 4 rings (SSSR count). The fourth-order valence-electron chi connectivity index (χ4n) is 4.17. The Morgan fingerprint density at radius 3 is 2.44 bits per heavy atom. The number of aromatic carboxylic acids is 1. The number of carboxylic acid groups (broad SMARTS) is 1. The van der Waals surface area contributed by atoms with Gasteiger partial charge in [0, 0.05) is 43.7 Å². The molecule has 0 bridgehead atoms. The number of rotatable bonds is 9. The molecule has 8 heteroatoms. The van der Waals surface area contributed by atoms with Gasteiger partial charge in [0.2, 0.25) is 0 Å². The summed E-state index contributed by atoms with van der Waals surface area (Å²) < 4.78 is 17.0. The van der Waals surface area contributed by atoms with Crippen LogP contribution in [0, 0.1) is 0 Å². The fourth-order valence-corrected chi connectivity index (χ4v) is 4.17. The lowest BCUT2D eigenvalue weighted by Crippen LogP contribution is -2.57. The first-order valence-corrected chi connectivity index (χ1v) is 12.4. The van der Waals surface area contributed by atoms with Gasteiger partial charge in [-0.15, -0.1) is 0 Å². The summed E-state index contributed by atoms with van der Waals surface area (Å²) in [5.74, 6) is 0.0117. The maximum absolute atomic E-state index is 11.5. The normalized spacial score (nSPS) is 16.9. The number of hydrogen-bond acceptors (Lipinski definition) is 7. The minimum Gasteiger partial charge on any atom is -0.490 e. The van der Waals surface area contributed by atoms with Gasteiger partial charge in [-0.05, 0) is 37.8 Å². The highest BCUT2D eigenvalue weighted by atomic mass is 16.5. The summed E-state index contributed by atoms with van der Waals surface area (Å²) in [5.41, 5.74) is 0.478. The molecular formula is C26H39N3O5. The summed E-state index contributed by atoms with van der Waals surface area (Å²) in [5, 5.41) is 16.8. The Labute approximate surface area is 202 Å². The summed E-state index contributed by atoms with van der Waals surface area (Å²) >= 11 is 0. The molecule has 3 N–H and O–H groups in total. The number of fused-ring (bicyclic) bond motifs is 1. The smallest absolute Gasteiger partial charge is 0.354 e. The standard InChI is InChI=1S/C20H25NO5.C6H14N2/c1-24-11-12-25-18-13-16(20(22)23)21-19-15(18)9-6-10-17(19)26-14-7-4-2-3-5-8-14;1-5(2)8-6-3-7-4-6/h6,9-10,13-14H,2-5,7-8,11-12H2,1H3,(H,22,23);5-8H,3-4H2,1-2H3. The van der Waals surface area contributed by atoms with Crippen LogP contribution in [0.1, 0.15) is 62.9 Å². The number of hydrogen-bond donors (Lipinski definition) is 3. The molecule has 2 aromatic rings. The monoisotopic (exact) mass is 473 g/mol. The third-order valence-corrected chi connectivity index (χ3v) is 5.98. The van der Waals surface area contributed by atoms with Crippen LogP contribution in [-0.4, -0.2) is 67.7 Å². The minimum atomic E-state index is -1.09. The largest absolute Gasteiger partial charge is 0.490 e. The fraction of sp³-hybridized carbons (Fsp3) is 0.615. The summed E-state index contributed by atoms with van der Waals surface area (Å²) in [6, 6.07) is 8.45. The third kappa shape index (κ3) is 7.82. The number of carbonyl (C=O) groups is 1. The van der Waals surface area contributed by atoms with Crippen LogP contribution in [0.25, 0.3) is 10.9 Å². The Hall–Kier alpha value is -2.42. The Bertz CT molecular complexity index is 909. The summed E-state index contributed by atoms with van der Waals surface area (Å²) in [7, 11) is 1.59. The van der Waals surface area contributed by atoms with Crippen LogP contribution in [0.4, 0.5) is 0 Å². The highest BCUT2D eigenvalue weighted by Crippen LogP contribution is 2.33. The number of para-hydroxylation sites is 1. The van der Waals surface area contributed by atoms with Crippen molar-refractivity contribution in [3.63, 3.8) is 0 Å². The summed E-state index contributed by atoms with van der Waals surface area (Å²) in [4.78, 5) is 15.8. The van der Waals surface area contributed by atoms with Crippen molar-refractivity contribution in [2.45, 2.75) is 70.6 Å². The zero-order valence-electron chi connectivity index (χ0n) is 20.6. The summed E-state index contributed by atoms with van der Waals surface area (Å²) in [6.45, 7) is 7.42. The number of carboxylic acids is 1. The average molecular weight is 474 g/mol. The van der Waals surface area contributed by atoms with Crippen molar-refractivity contribution < 1.29 is 24.1 Å². The number of nitrogens with zero attached hydrogens (tertiary/aromatic N) is 1. The van der Waals surface area contributed by atoms with Crippen LogP contribution in [-0.2, 0) is 4.74 Å². The first-order chi connectivity index (χ1) is 16.5. The van der Waals surface area contributed by atoms with E-state index in [1.807, 2.05) is 18.2 Å². The molecule has 2 aliphatic rings. The van der Waals surface area contributed by atoms with Gasteiger partial charge in [-0.1, -0.05) is 32.8 Å². The first-order valence-electron chi connectivity index (χ1n) is 12.4. The average Bonchev–Trinajstić information content (AvgIpc) is 3.06. The number of ether oxygens (including phenoxy) is 3. The van der Waals surface area contributed by atoms with E-state index in [4.69, 9.17) is 14.2 Å². The quantitative estimate of drug-likeness (QED) is 0.371. The van der Waals surface area contributed by atoms with E-state index in [9.17, 15) is 9.90 Å². The van der Waals surface area contributed by atoms with Gasteiger partial charge >= 0.3 is 5.97 Å². The maximum Gasteiger partial charge on any atom is 0.354 e. The van der Waals surface area contributed by atoms with Crippen LogP contribution < -0.4 is 20.1 Å². The van der Waals surface area contributed by atoms with Gasteiger partial charge in [0.1, 0.15) is 23.6 Å². The van der Waals surface area contributed by atoms with E-state index < -0.39 is 5.97 Å². The number of aromatic nitrogens is 1. The Balaban J connectivity index is 0.000000343. The van der Waals surface area contributed by atoms with Gasteiger partial charge in [0.05, 0.1) is 12.7 Å². The van der Waals surface area contributed by atoms with Crippen LogP contribution in [0.15, 0.2) is 24.3 Å². The molecule has 1 aliphatic heterocycles. The lowest BCUT2D eigenvalue weighted by Gasteiger charge is -2.29. The topological polar surface area (TPSA) is 102 Å². The molecule has 1 saturated carbocycles. The molecule has 2 heterocycles. The molecule has 0 unspecified atom stereocenters. The van der Waals surface area contributed by atoms with E-state index in [0.717, 1.165) is 50.2 Å². The Morgan fingerprint density at radius 1 is 1.15 bits per heavy atom. The minimum absolute atomic E-state index is 0.0539. The molecule has 1 aliphatic carbocycles. The molecule has 1 aromatic carbocycles. The van der Waals surface area contributed by atoms with Crippen LogP contribution in [0.3, 0.4) is 0 Å². The molecular weight excluding hydrogens is 434 g/mol. The van der Waals surface area contributed by atoms with Crippen molar-refractivity contribution in [1.29, 1.82) is 0 Å². The van der Waals surface area contributed by atoms with Crippen molar-refractivity contribution >= 4 is 16.9 Å². The van der Waals surface area contributed by atoms with E-state index in [-0.39, 0.29) is 11.8 Å². The van der Waals surface area contributed by atoms with Crippen LogP contribution >= 0.6 is 0 Å². The van der Waals surface area contributed by atoms with E-state index in [1.54, 1.807) is 7.11 Å². The van der Waals surface area contributed by atoms with Crippen LogP contribution in [0.2, 0.25) is 0 Å². The van der Waals surface area contributed by atoms with Gasteiger partial charge < -0.3 is 30.0 Å².